The number of esters is 1. The topological polar surface area (TPSA) is 80.8 Å². The first-order valence-electron chi connectivity index (χ1n) is 11.6. The Balaban J connectivity index is 1.25. The Labute approximate surface area is 184 Å². The van der Waals surface area contributed by atoms with Crippen molar-refractivity contribution in [2.75, 3.05) is 13.1 Å². The Kier molecular flexibility index (Phi) is 5.25. The van der Waals surface area contributed by atoms with Gasteiger partial charge in [0, 0.05) is 18.5 Å². The summed E-state index contributed by atoms with van der Waals surface area (Å²) in [6.45, 7) is 2.76. The molecule has 168 valence electrons. The number of sulfonamides is 1. The summed E-state index contributed by atoms with van der Waals surface area (Å²) in [5.74, 6) is 1.47. The first kappa shape index (κ1) is 21.1. The van der Waals surface area contributed by atoms with Crippen molar-refractivity contribution < 1.29 is 22.7 Å². The summed E-state index contributed by atoms with van der Waals surface area (Å²) in [6, 6.07) is 5.87. The number of benzene rings is 1. The Hall–Kier alpha value is -1.73. The second-order valence-corrected chi connectivity index (χ2v) is 12.2. The molecule has 0 unspecified atom stereocenters. The molecule has 1 heterocycles. The molecule has 1 aliphatic heterocycles. The van der Waals surface area contributed by atoms with Crippen LogP contribution >= 0.6 is 0 Å². The van der Waals surface area contributed by atoms with Gasteiger partial charge < -0.3 is 4.74 Å². The van der Waals surface area contributed by atoms with Crippen LogP contribution in [0.5, 0.6) is 0 Å². The minimum absolute atomic E-state index is 0.0770. The maximum Gasteiger partial charge on any atom is 0.338 e. The van der Waals surface area contributed by atoms with Crippen LogP contribution in [-0.4, -0.2) is 43.7 Å². The van der Waals surface area contributed by atoms with E-state index in [2.05, 4.69) is 0 Å². The van der Waals surface area contributed by atoms with Crippen molar-refractivity contribution in [1.82, 2.24) is 4.31 Å². The van der Waals surface area contributed by atoms with Crippen molar-refractivity contribution in [1.29, 1.82) is 0 Å². The Morgan fingerprint density at radius 1 is 0.968 bits per heavy atom. The third kappa shape index (κ3) is 3.74. The summed E-state index contributed by atoms with van der Waals surface area (Å²) < 4.78 is 32.4. The Morgan fingerprint density at radius 2 is 1.48 bits per heavy atom. The number of ether oxygens (including phenoxy) is 1. The summed E-state index contributed by atoms with van der Waals surface area (Å²) >= 11 is 0. The van der Waals surface area contributed by atoms with Gasteiger partial charge in [0.25, 0.3) is 0 Å². The summed E-state index contributed by atoms with van der Waals surface area (Å²) in [6.07, 6.45) is 7.58. The minimum atomic E-state index is -3.52. The number of ketones is 1. The van der Waals surface area contributed by atoms with Crippen molar-refractivity contribution in [3.05, 3.63) is 29.8 Å². The van der Waals surface area contributed by atoms with Crippen LogP contribution in [-0.2, 0) is 19.6 Å². The van der Waals surface area contributed by atoms with E-state index in [0.29, 0.717) is 30.8 Å². The monoisotopic (exact) mass is 445 g/mol. The molecule has 0 aromatic heterocycles. The van der Waals surface area contributed by atoms with Gasteiger partial charge in [-0.25, -0.2) is 13.2 Å². The van der Waals surface area contributed by atoms with Gasteiger partial charge in [0.2, 0.25) is 10.0 Å². The predicted molar refractivity (Wildman–Crippen MR) is 115 cm³/mol. The third-order valence-corrected chi connectivity index (χ3v) is 9.92. The molecule has 6 rings (SSSR count). The van der Waals surface area contributed by atoms with Gasteiger partial charge in [0.15, 0.2) is 11.9 Å². The summed E-state index contributed by atoms with van der Waals surface area (Å²) in [4.78, 5) is 26.2. The zero-order valence-corrected chi connectivity index (χ0v) is 18.9. The molecule has 31 heavy (non-hydrogen) atoms. The second kappa shape index (κ2) is 7.69. The summed E-state index contributed by atoms with van der Waals surface area (Å²) in [7, 11) is -3.52. The number of carbonyl (C=O) groups excluding carboxylic acids is 2. The minimum Gasteiger partial charge on any atom is -0.451 e. The van der Waals surface area contributed by atoms with Crippen LogP contribution in [0.2, 0.25) is 0 Å². The number of Topliss-reactive ketones (excluding diaryl/α,β-unsaturated/α-hetero) is 1. The fourth-order valence-electron chi connectivity index (χ4n) is 6.97. The van der Waals surface area contributed by atoms with Gasteiger partial charge in [-0.05, 0) is 100 Å². The molecular formula is C24H31NO5S. The lowest BCUT2D eigenvalue weighted by Gasteiger charge is -2.56. The van der Waals surface area contributed by atoms with Crippen LogP contribution in [0.3, 0.4) is 0 Å². The molecule has 5 aliphatic rings. The number of hydrogen-bond donors (Lipinski definition) is 0. The Bertz CT molecular complexity index is 942. The van der Waals surface area contributed by atoms with E-state index in [-0.39, 0.29) is 21.7 Å². The van der Waals surface area contributed by atoms with Crippen LogP contribution in [0, 0.1) is 23.2 Å². The van der Waals surface area contributed by atoms with Crippen LogP contribution < -0.4 is 0 Å². The quantitative estimate of drug-likeness (QED) is 0.622. The molecule has 4 aliphatic carbocycles. The molecule has 0 spiro atoms. The highest BCUT2D eigenvalue weighted by Gasteiger charge is 2.55. The number of carbonyl (C=O) groups is 2. The molecule has 6 nitrogen and oxygen atoms in total. The van der Waals surface area contributed by atoms with E-state index in [1.807, 2.05) is 0 Å². The van der Waals surface area contributed by atoms with Gasteiger partial charge in [-0.1, -0.05) is 0 Å². The molecule has 1 aromatic carbocycles. The standard InChI is InChI=1S/C24H31NO5S/c1-16(22(26)24-13-17-10-18(14-24)12-19(11-17)15-24)30-23(27)20-4-6-21(7-5-20)31(28,29)25-8-2-3-9-25/h4-7,16-19H,2-3,8-15H2,1H3/t16-,17?,18?,19?,24?/m1/s1. The molecule has 7 heteroatoms. The highest BCUT2D eigenvalue weighted by molar-refractivity contribution is 7.89. The highest BCUT2D eigenvalue weighted by atomic mass is 32.2. The number of rotatable bonds is 6. The Morgan fingerprint density at radius 3 is 2.00 bits per heavy atom. The largest absolute Gasteiger partial charge is 0.451 e. The van der Waals surface area contributed by atoms with Crippen molar-refractivity contribution in [2.24, 2.45) is 23.2 Å². The van der Waals surface area contributed by atoms with Gasteiger partial charge in [0.05, 0.1) is 10.5 Å². The van der Waals surface area contributed by atoms with Gasteiger partial charge in [-0.3, -0.25) is 4.79 Å². The molecule has 0 amide bonds. The van der Waals surface area contributed by atoms with Crippen LogP contribution in [0.1, 0.15) is 68.6 Å². The fourth-order valence-corrected chi connectivity index (χ4v) is 8.48. The van der Waals surface area contributed by atoms with E-state index in [1.165, 1.54) is 47.8 Å². The van der Waals surface area contributed by atoms with E-state index in [9.17, 15) is 18.0 Å². The van der Waals surface area contributed by atoms with Gasteiger partial charge in [0.1, 0.15) is 0 Å². The number of nitrogens with zero attached hydrogens (tertiary/aromatic N) is 1. The van der Waals surface area contributed by atoms with Crippen LogP contribution in [0.25, 0.3) is 0 Å². The van der Waals surface area contributed by atoms with E-state index in [1.54, 1.807) is 6.92 Å². The van der Waals surface area contributed by atoms with Crippen molar-refractivity contribution in [3.63, 3.8) is 0 Å². The summed E-state index contributed by atoms with van der Waals surface area (Å²) in [5.41, 5.74) is -0.0344. The predicted octanol–water partition coefficient (Wildman–Crippen LogP) is 3.80. The van der Waals surface area contributed by atoms with Crippen molar-refractivity contribution in [3.8, 4) is 0 Å². The first-order valence-corrected chi connectivity index (χ1v) is 13.1. The lowest BCUT2D eigenvalue weighted by Crippen LogP contribution is -2.52. The van der Waals surface area contributed by atoms with E-state index in [4.69, 9.17) is 4.74 Å². The molecule has 4 bridgehead atoms. The third-order valence-electron chi connectivity index (χ3n) is 8.01. The SMILES string of the molecule is C[C@@H](OC(=O)c1ccc(S(=O)(=O)N2CCCC2)cc1)C(=O)C12CC3CC(CC(C3)C1)C2. The van der Waals surface area contributed by atoms with Gasteiger partial charge in [-0.2, -0.15) is 4.31 Å². The zero-order chi connectivity index (χ0) is 21.8. The lowest BCUT2D eigenvalue weighted by atomic mass is 9.48. The molecule has 1 saturated heterocycles. The highest BCUT2D eigenvalue weighted by Crippen LogP contribution is 2.60. The van der Waals surface area contributed by atoms with Crippen molar-refractivity contribution >= 4 is 21.8 Å². The zero-order valence-electron chi connectivity index (χ0n) is 18.1. The molecule has 5 fully saturated rings. The molecular weight excluding hydrogens is 414 g/mol. The lowest BCUT2D eigenvalue weighted by molar-refractivity contribution is -0.152. The molecule has 0 radical (unpaired) electrons. The molecule has 4 saturated carbocycles. The van der Waals surface area contributed by atoms with E-state index in [0.717, 1.165) is 32.1 Å². The maximum absolute atomic E-state index is 13.3. The van der Waals surface area contributed by atoms with Gasteiger partial charge >= 0.3 is 5.97 Å². The molecule has 1 aromatic rings. The number of hydrogen-bond acceptors (Lipinski definition) is 5. The molecule has 0 N–H and O–H groups in total. The summed E-state index contributed by atoms with van der Waals surface area (Å²) in [5, 5.41) is 0. The van der Waals surface area contributed by atoms with E-state index >= 15 is 0 Å². The second-order valence-electron chi connectivity index (χ2n) is 10.2. The molecule has 1 atom stereocenters. The smallest absolute Gasteiger partial charge is 0.338 e. The van der Waals surface area contributed by atoms with E-state index < -0.39 is 22.1 Å². The van der Waals surface area contributed by atoms with Crippen molar-refractivity contribution in [2.45, 2.75) is 69.3 Å². The van der Waals surface area contributed by atoms with Crippen LogP contribution in [0.4, 0.5) is 0 Å². The normalized spacial score (nSPS) is 33.4. The maximum atomic E-state index is 13.3. The average molecular weight is 446 g/mol. The van der Waals surface area contributed by atoms with Crippen LogP contribution in [0.15, 0.2) is 29.2 Å². The fraction of sp³-hybridized carbons (Fsp3) is 0.667. The first-order chi connectivity index (χ1) is 14.8. The van der Waals surface area contributed by atoms with Gasteiger partial charge in [-0.15, -0.1) is 0 Å². The average Bonchev–Trinajstić information content (AvgIpc) is 3.28.